The lowest BCUT2D eigenvalue weighted by molar-refractivity contribution is 0.182. The third kappa shape index (κ3) is 3.36. The minimum absolute atomic E-state index is 1.09. The third-order valence-corrected chi connectivity index (χ3v) is 2.55. The summed E-state index contributed by atoms with van der Waals surface area (Å²) in [5, 5.41) is 10.4. The Labute approximate surface area is 79.6 Å². The highest BCUT2D eigenvalue weighted by Crippen LogP contribution is 2.37. The van der Waals surface area contributed by atoms with Gasteiger partial charge in [0.1, 0.15) is 0 Å². The number of hydrogen-bond acceptors (Lipinski definition) is 1. The molecule has 0 radical (unpaired) electrons. The van der Waals surface area contributed by atoms with Gasteiger partial charge in [-0.2, -0.15) is 0 Å². The van der Waals surface area contributed by atoms with Gasteiger partial charge in [-0.05, 0) is 13.8 Å². The second kappa shape index (κ2) is 3.25. The molecule has 0 saturated carbocycles. The van der Waals surface area contributed by atoms with Crippen molar-refractivity contribution in [3.63, 3.8) is 0 Å². The van der Waals surface area contributed by atoms with E-state index in [9.17, 15) is 4.79 Å². The molecule has 66 valence electrons. The third-order valence-electron chi connectivity index (χ3n) is 1.13. The monoisotopic (exact) mass is 219 g/mol. The van der Waals surface area contributed by atoms with Crippen LogP contribution in [0.15, 0.2) is 0 Å². The summed E-state index contributed by atoms with van der Waals surface area (Å²) >= 11 is 16.4. The molecule has 3 nitrogen and oxygen atoms in total. The second-order valence-corrected chi connectivity index (χ2v) is 4.83. The zero-order valence-corrected chi connectivity index (χ0v) is 8.26. The van der Waals surface area contributed by atoms with E-state index in [1.807, 2.05) is 0 Å². The van der Waals surface area contributed by atoms with Crippen molar-refractivity contribution in [2.45, 2.75) is 23.2 Å². The fraction of sp³-hybridized carbons (Fsp3) is 0.800. The molecule has 0 rings (SSSR count). The Bertz CT molecular complexity index is 164. The van der Waals surface area contributed by atoms with Crippen LogP contribution in [-0.4, -0.2) is 20.5 Å². The molecule has 0 aliphatic heterocycles. The highest BCUT2D eigenvalue weighted by Gasteiger charge is 2.41. The van der Waals surface area contributed by atoms with Crippen LogP contribution in [0.4, 0.5) is 4.79 Å². The van der Waals surface area contributed by atoms with Crippen molar-refractivity contribution in [1.82, 2.24) is 5.32 Å². The number of amides is 1. The molecule has 0 aliphatic carbocycles. The van der Waals surface area contributed by atoms with Crippen LogP contribution in [0.3, 0.4) is 0 Å². The SMILES string of the molecule is CC(C)(NC(=O)O)C(Cl)(Cl)Cl. The van der Waals surface area contributed by atoms with Crippen molar-refractivity contribution in [2.75, 3.05) is 0 Å². The molecule has 0 aromatic heterocycles. The number of rotatable bonds is 1. The molecule has 6 heteroatoms. The minimum atomic E-state index is -1.65. The lowest BCUT2D eigenvalue weighted by atomic mass is 10.1. The van der Waals surface area contributed by atoms with Gasteiger partial charge in [0.25, 0.3) is 0 Å². The largest absolute Gasteiger partial charge is 0.465 e. The van der Waals surface area contributed by atoms with Crippen LogP contribution in [0.1, 0.15) is 13.8 Å². The molecule has 0 unspecified atom stereocenters. The second-order valence-electron chi connectivity index (χ2n) is 2.55. The van der Waals surface area contributed by atoms with E-state index in [0.29, 0.717) is 0 Å². The fourth-order valence-electron chi connectivity index (χ4n) is 0.338. The number of alkyl halides is 3. The van der Waals surface area contributed by atoms with E-state index >= 15 is 0 Å². The van der Waals surface area contributed by atoms with Crippen molar-refractivity contribution < 1.29 is 9.90 Å². The number of carboxylic acid groups (broad SMARTS) is 1. The van der Waals surface area contributed by atoms with Crippen LogP contribution in [0.25, 0.3) is 0 Å². The van der Waals surface area contributed by atoms with Gasteiger partial charge in [-0.15, -0.1) is 0 Å². The highest BCUT2D eigenvalue weighted by atomic mass is 35.6. The summed E-state index contributed by atoms with van der Waals surface area (Å²) < 4.78 is -1.65. The van der Waals surface area contributed by atoms with Crippen molar-refractivity contribution in [3.8, 4) is 0 Å². The van der Waals surface area contributed by atoms with Gasteiger partial charge in [0.15, 0.2) is 0 Å². The maximum absolute atomic E-state index is 10.2. The normalized spacial score (nSPS) is 12.8. The van der Waals surface area contributed by atoms with Crippen LogP contribution in [0.2, 0.25) is 0 Å². The first-order chi connectivity index (χ1) is 4.67. The number of halogens is 3. The van der Waals surface area contributed by atoms with Gasteiger partial charge in [0.05, 0.1) is 5.54 Å². The maximum atomic E-state index is 10.2. The van der Waals surface area contributed by atoms with E-state index in [1.165, 1.54) is 13.8 Å². The summed E-state index contributed by atoms with van der Waals surface area (Å²) in [5.41, 5.74) is -1.09. The average molecular weight is 220 g/mol. The lowest BCUT2D eigenvalue weighted by Gasteiger charge is -2.31. The number of carbonyl (C=O) groups is 1. The Kier molecular flexibility index (Phi) is 3.29. The van der Waals surface area contributed by atoms with E-state index in [1.54, 1.807) is 0 Å². The van der Waals surface area contributed by atoms with E-state index in [-0.39, 0.29) is 0 Å². The fourth-order valence-corrected chi connectivity index (χ4v) is 0.480. The van der Waals surface area contributed by atoms with Crippen LogP contribution < -0.4 is 5.32 Å². The summed E-state index contributed by atoms with van der Waals surface area (Å²) in [6.07, 6.45) is -1.22. The molecule has 0 atom stereocenters. The Balaban J connectivity index is 4.34. The number of hydrogen-bond donors (Lipinski definition) is 2. The van der Waals surface area contributed by atoms with Gasteiger partial charge in [0, 0.05) is 0 Å². The molecular formula is C5H8Cl3NO2. The molecule has 0 saturated heterocycles. The Morgan fingerprint density at radius 1 is 1.36 bits per heavy atom. The predicted octanol–water partition coefficient (Wildman–Crippen LogP) is 2.40. The van der Waals surface area contributed by atoms with Gasteiger partial charge in [-0.25, -0.2) is 4.79 Å². The smallest absolute Gasteiger partial charge is 0.405 e. The Hall–Kier alpha value is 0.140. The van der Waals surface area contributed by atoms with Gasteiger partial charge in [-0.1, -0.05) is 34.8 Å². The van der Waals surface area contributed by atoms with Crippen LogP contribution >= 0.6 is 34.8 Å². The molecule has 0 heterocycles. The van der Waals surface area contributed by atoms with Gasteiger partial charge < -0.3 is 10.4 Å². The summed E-state index contributed by atoms with van der Waals surface area (Å²) in [5.74, 6) is 0. The first kappa shape index (κ1) is 11.1. The maximum Gasteiger partial charge on any atom is 0.405 e. The molecule has 0 spiro atoms. The number of nitrogens with one attached hydrogen (secondary N) is 1. The molecule has 0 aliphatic rings. The van der Waals surface area contributed by atoms with Crippen LogP contribution in [0.5, 0.6) is 0 Å². The molecule has 2 N–H and O–H groups in total. The molecule has 11 heavy (non-hydrogen) atoms. The quantitative estimate of drug-likeness (QED) is 0.667. The molecule has 0 aromatic rings. The zero-order chi connectivity index (χ0) is 9.28. The van der Waals surface area contributed by atoms with Crippen molar-refractivity contribution >= 4 is 40.9 Å². The molecule has 0 fully saturated rings. The van der Waals surface area contributed by atoms with E-state index in [4.69, 9.17) is 39.9 Å². The first-order valence-corrected chi connectivity index (χ1v) is 3.88. The van der Waals surface area contributed by atoms with Gasteiger partial charge in [-0.3, -0.25) is 0 Å². The molecule has 0 aromatic carbocycles. The summed E-state index contributed by atoms with van der Waals surface area (Å²) in [6.45, 7) is 2.96. The Morgan fingerprint density at radius 3 is 1.82 bits per heavy atom. The first-order valence-electron chi connectivity index (χ1n) is 2.74. The summed E-state index contributed by atoms with van der Waals surface area (Å²) in [4.78, 5) is 10.2. The summed E-state index contributed by atoms with van der Waals surface area (Å²) in [7, 11) is 0. The lowest BCUT2D eigenvalue weighted by Crippen LogP contribution is -2.52. The predicted molar refractivity (Wildman–Crippen MR) is 45.5 cm³/mol. The topological polar surface area (TPSA) is 49.3 Å². The highest BCUT2D eigenvalue weighted by molar-refractivity contribution is 6.68. The molecular weight excluding hydrogens is 212 g/mol. The zero-order valence-electron chi connectivity index (χ0n) is 5.99. The van der Waals surface area contributed by atoms with Crippen LogP contribution in [0, 0.1) is 0 Å². The van der Waals surface area contributed by atoms with Crippen molar-refractivity contribution in [1.29, 1.82) is 0 Å². The van der Waals surface area contributed by atoms with E-state index in [2.05, 4.69) is 5.32 Å². The van der Waals surface area contributed by atoms with Crippen molar-refractivity contribution in [2.24, 2.45) is 0 Å². The van der Waals surface area contributed by atoms with Gasteiger partial charge >= 0.3 is 6.09 Å². The average Bonchev–Trinajstić information content (AvgIpc) is 1.56. The minimum Gasteiger partial charge on any atom is -0.465 e. The molecule has 0 bridgehead atoms. The van der Waals surface area contributed by atoms with E-state index in [0.717, 1.165) is 0 Å². The Morgan fingerprint density at radius 2 is 1.73 bits per heavy atom. The van der Waals surface area contributed by atoms with E-state index < -0.39 is 15.4 Å². The van der Waals surface area contributed by atoms with Crippen molar-refractivity contribution in [3.05, 3.63) is 0 Å². The molecule has 1 amide bonds. The van der Waals surface area contributed by atoms with Crippen LogP contribution in [-0.2, 0) is 0 Å². The standard InChI is InChI=1S/C5H8Cl3NO2/c1-4(2,5(6,7)8)9-3(10)11/h9H,1-2H3,(H,10,11). The summed E-state index contributed by atoms with van der Waals surface area (Å²) in [6, 6.07) is 0. The van der Waals surface area contributed by atoms with Gasteiger partial charge in [0.2, 0.25) is 3.79 Å².